The zero-order chi connectivity index (χ0) is 21.0. The lowest BCUT2D eigenvalue weighted by molar-refractivity contribution is -0.136. The van der Waals surface area contributed by atoms with E-state index in [1.165, 1.54) is 25.7 Å². The number of carboxylic acids is 1. The van der Waals surface area contributed by atoms with Crippen LogP contribution in [-0.4, -0.2) is 85.0 Å². The Bertz CT molecular complexity index is 533. The minimum absolute atomic E-state index is 0.0411. The molecule has 0 aromatic rings. The number of rotatable bonds is 9. The Morgan fingerprint density at radius 3 is 2.83 bits per heavy atom. The van der Waals surface area contributed by atoms with Gasteiger partial charge in [0.25, 0.3) is 0 Å². The standard InChI is InChI=1S/C21H42N6O2/c1-14(2)27-21-17(11-24-27)19(23-12-20(28)29)10-18(25-21)16-6-4-5-15(9-16)13-26(3)8-7-22/h14-19,21,23-25H,4-13,22H2,1-3H3,(H,28,29). The van der Waals surface area contributed by atoms with Crippen molar-refractivity contribution in [1.82, 2.24) is 26.0 Å². The largest absolute Gasteiger partial charge is 0.480 e. The van der Waals surface area contributed by atoms with Gasteiger partial charge in [0, 0.05) is 50.2 Å². The maximum Gasteiger partial charge on any atom is 0.317 e. The number of nitrogens with two attached hydrogens (primary N) is 1. The summed E-state index contributed by atoms with van der Waals surface area (Å²) in [7, 11) is 2.18. The molecule has 3 rings (SSSR count). The Balaban J connectivity index is 1.66. The highest BCUT2D eigenvalue weighted by Crippen LogP contribution is 2.37. The monoisotopic (exact) mass is 410 g/mol. The molecule has 3 fully saturated rings. The molecule has 0 aromatic heterocycles. The molecule has 6 unspecified atom stereocenters. The zero-order valence-electron chi connectivity index (χ0n) is 18.4. The normalized spacial score (nSPS) is 35.9. The average molecular weight is 411 g/mol. The first-order valence-electron chi connectivity index (χ1n) is 11.5. The fraction of sp³-hybridized carbons (Fsp3) is 0.952. The number of likely N-dealkylation sites (N-methyl/N-ethyl adjacent to an activating group) is 1. The minimum atomic E-state index is -0.774. The van der Waals surface area contributed by atoms with Crippen molar-refractivity contribution in [3.63, 3.8) is 0 Å². The van der Waals surface area contributed by atoms with Crippen molar-refractivity contribution >= 4 is 5.97 Å². The van der Waals surface area contributed by atoms with Crippen LogP contribution in [-0.2, 0) is 4.79 Å². The van der Waals surface area contributed by atoms with Crippen molar-refractivity contribution in [2.24, 2.45) is 23.5 Å². The number of hydrogen-bond donors (Lipinski definition) is 5. The van der Waals surface area contributed by atoms with Crippen LogP contribution >= 0.6 is 0 Å². The van der Waals surface area contributed by atoms with Crippen LogP contribution in [0.3, 0.4) is 0 Å². The van der Waals surface area contributed by atoms with E-state index in [9.17, 15) is 9.90 Å². The Morgan fingerprint density at radius 1 is 1.34 bits per heavy atom. The molecule has 2 aliphatic heterocycles. The van der Waals surface area contributed by atoms with Crippen molar-refractivity contribution in [3.8, 4) is 0 Å². The van der Waals surface area contributed by atoms with Gasteiger partial charge in [-0.2, -0.15) is 0 Å². The van der Waals surface area contributed by atoms with E-state index in [-0.39, 0.29) is 18.8 Å². The summed E-state index contributed by atoms with van der Waals surface area (Å²) < 4.78 is 0. The summed E-state index contributed by atoms with van der Waals surface area (Å²) in [6.45, 7) is 8.18. The first kappa shape index (κ1) is 22.9. The second kappa shape index (κ2) is 10.5. The molecule has 0 bridgehead atoms. The molecular weight excluding hydrogens is 368 g/mol. The highest BCUT2D eigenvalue weighted by atomic mass is 16.4. The van der Waals surface area contributed by atoms with Crippen molar-refractivity contribution in [2.45, 2.75) is 70.2 Å². The number of nitrogens with one attached hydrogen (secondary N) is 3. The summed E-state index contributed by atoms with van der Waals surface area (Å²) in [5, 5.41) is 18.8. The third-order valence-electron chi connectivity index (χ3n) is 7.17. The molecule has 0 radical (unpaired) electrons. The van der Waals surface area contributed by atoms with Gasteiger partial charge in [-0.3, -0.25) is 15.5 Å². The summed E-state index contributed by atoms with van der Waals surface area (Å²) in [4.78, 5) is 13.5. The molecule has 1 saturated carbocycles. The smallest absolute Gasteiger partial charge is 0.317 e. The van der Waals surface area contributed by atoms with E-state index in [4.69, 9.17) is 5.73 Å². The van der Waals surface area contributed by atoms with Crippen molar-refractivity contribution in [2.75, 3.05) is 39.8 Å². The number of carboxylic acid groups (broad SMARTS) is 1. The predicted molar refractivity (Wildman–Crippen MR) is 115 cm³/mol. The van der Waals surface area contributed by atoms with E-state index in [0.29, 0.717) is 23.9 Å². The zero-order valence-corrected chi connectivity index (χ0v) is 18.4. The van der Waals surface area contributed by atoms with Gasteiger partial charge in [-0.05, 0) is 58.4 Å². The molecular formula is C21H42N6O2. The maximum atomic E-state index is 11.2. The highest BCUT2D eigenvalue weighted by Gasteiger charge is 2.47. The maximum absolute atomic E-state index is 11.2. The average Bonchev–Trinajstić information content (AvgIpc) is 3.10. The Kier molecular flexibility index (Phi) is 8.30. The van der Waals surface area contributed by atoms with Gasteiger partial charge in [0.15, 0.2) is 0 Å². The molecule has 6 N–H and O–H groups in total. The van der Waals surface area contributed by atoms with Gasteiger partial charge >= 0.3 is 5.97 Å². The summed E-state index contributed by atoms with van der Waals surface area (Å²) in [5.41, 5.74) is 9.27. The van der Waals surface area contributed by atoms with Crippen LogP contribution in [0.5, 0.6) is 0 Å². The van der Waals surface area contributed by atoms with Gasteiger partial charge in [-0.25, -0.2) is 5.01 Å². The van der Waals surface area contributed by atoms with Gasteiger partial charge in [0.1, 0.15) is 0 Å². The van der Waals surface area contributed by atoms with Crippen LogP contribution in [0.4, 0.5) is 0 Å². The van der Waals surface area contributed by atoms with Gasteiger partial charge in [0.05, 0.1) is 12.7 Å². The lowest BCUT2D eigenvalue weighted by Gasteiger charge is -2.46. The Hall–Kier alpha value is -0.770. The van der Waals surface area contributed by atoms with Gasteiger partial charge < -0.3 is 21.1 Å². The molecule has 3 aliphatic rings. The Labute approximate surface area is 175 Å². The number of hydrogen-bond acceptors (Lipinski definition) is 7. The van der Waals surface area contributed by atoms with Crippen LogP contribution in [0.2, 0.25) is 0 Å². The van der Waals surface area contributed by atoms with E-state index in [2.05, 4.69) is 46.9 Å². The van der Waals surface area contributed by atoms with Crippen LogP contribution in [0.15, 0.2) is 0 Å². The van der Waals surface area contributed by atoms with E-state index in [0.717, 1.165) is 38.5 Å². The van der Waals surface area contributed by atoms with Crippen LogP contribution in [0.25, 0.3) is 0 Å². The molecule has 29 heavy (non-hydrogen) atoms. The summed E-state index contributed by atoms with van der Waals surface area (Å²) in [6.07, 6.45) is 6.40. The van der Waals surface area contributed by atoms with Gasteiger partial charge in [-0.15, -0.1) is 0 Å². The van der Waals surface area contributed by atoms with E-state index in [1.807, 2.05) is 0 Å². The third kappa shape index (κ3) is 5.89. The number of fused-ring (bicyclic) bond motifs is 1. The van der Waals surface area contributed by atoms with Crippen molar-refractivity contribution in [3.05, 3.63) is 0 Å². The number of hydrazine groups is 1. The Morgan fingerprint density at radius 2 is 2.14 bits per heavy atom. The quantitative estimate of drug-likeness (QED) is 0.369. The van der Waals surface area contributed by atoms with Crippen LogP contribution < -0.4 is 21.8 Å². The molecule has 6 atom stereocenters. The molecule has 8 heteroatoms. The minimum Gasteiger partial charge on any atom is -0.480 e. The van der Waals surface area contributed by atoms with Gasteiger partial charge in [-0.1, -0.05) is 6.42 Å². The fourth-order valence-electron chi connectivity index (χ4n) is 5.83. The molecule has 2 saturated heterocycles. The van der Waals surface area contributed by atoms with Crippen LogP contribution in [0, 0.1) is 17.8 Å². The van der Waals surface area contributed by atoms with E-state index < -0.39 is 5.97 Å². The van der Waals surface area contributed by atoms with Gasteiger partial charge in [0.2, 0.25) is 0 Å². The van der Waals surface area contributed by atoms with E-state index >= 15 is 0 Å². The summed E-state index contributed by atoms with van der Waals surface area (Å²) >= 11 is 0. The summed E-state index contributed by atoms with van der Waals surface area (Å²) in [6, 6.07) is 1.07. The van der Waals surface area contributed by atoms with E-state index in [1.54, 1.807) is 0 Å². The SMILES string of the molecule is CC(C)N1NCC2C(NCC(=O)O)CC(C3CCCC(CN(C)CCN)C3)NC21. The number of aliphatic carboxylic acids is 1. The second-order valence-corrected chi connectivity index (χ2v) is 9.71. The molecule has 0 aromatic carbocycles. The summed E-state index contributed by atoms with van der Waals surface area (Å²) in [5.74, 6) is 1.01. The lowest BCUT2D eigenvalue weighted by atomic mass is 9.73. The number of piperidine rings is 1. The predicted octanol–water partition coefficient (Wildman–Crippen LogP) is 0.259. The molecule has 0 amide bonds. The second-order valence-electron chi connectivity index (χ2n) is 9.71. The first-order valence-corrected chi connectivity index (χ1v) is 11.5. The molecule has 8 nitrogen and oxygen atoms in total. The third-order valence-corrected chi connectivity index (χ3v) is 7.17. The number of nitrogens with zero attached hydrogens (tertiary/aromatic N) is 2. The molecule has 1 aliphatic carbocycles. The lowest BCUT2D eigenvalue weighted by Crippen LogP contribution is -2.63. The molecule has 168 valence electrons. The fourth-order valence-corrected chi connectivity index (χ4v) is 5.83. The van der Waals surface area contributed by atoms with Crippen LogP contribution in [0.1, 0.15) is 46.0 Å². The number of carbonyl (C=O) groups is 1. The highest BCUT2D eigenvalue weighted by molar-refractivity contribution is 5.69. The molecule has 2 heterocycles. The first-order chi connectivity index (χ1) is 13.9. The molecule has 0 spiro atoms. The van der Waals surface area contributed by atoms with Crippen molar-refractivity contribution in [1.29, 1.82) is 0 Å². The van der Waals surface area contributed by atoms with Crippen molar-refractivity contribution < 1.29 is 9.90 Å². The topological polar surface area (TPSA) is 106 Å².